The Labute approximate surface area is 108 Å². The van der Waals surface area contributed by atoms with Gasteiger partial charge in [-0.1, -0.05) is 60.7 Å². The zero-order valence-electron chi connectivity index (χ0n) is 10.3. The third kappa shape index (κ3) is 2.61. The Morgan fingerprint density at radius 1 is 0.889 bits per heavy atom. The van der Waals surface area contributed by atoms with Crippen molar-refractivity contribution in [1.29, 1.82) is 0 Å². The van der Waals surface area contributed by atoms with Crippen molar-refractivity contribution in [2.75, 3.05) is 6.54 Å². The summed E-state index contributed by atoms with van der Waals surface area (Å²) >= 11 is 0. The fourth-order valence-corrected chi connectivity index (χ4v) is 2.12. The lowest BCUT2D eigenvalue weighted by Gasteiger charge is -2.29. The third-order valence-electron chi connectivity index (χ3n) is 3.11. The van der Waals surface area contributed by atoms with E-state index in [1.807, 2.05) is 67.1 Å². The number of nitrogens with two attached hydrogens (primary N) is 1. The molecule has 0 saturated carbocycles. The zero-order valence-corrected chi connectivity index (χ0v) is 10.3. The van der Waals surface area contributed by atoms with Crippen molar-refractivity contribution in [3.05, 3.63) is 78.2 Å². The Morgan fingerprint density at radius 2 is 1.33 bits per heavy atom. The summed E-state index contributed by atoms with van der Waals surface area (Å²) in [5.74, 6) is 0. The van der Waals surface area contributed by atoms with Crippen molar-refractivity contribution in [3.8, 4) is 0 Å². The molecule has 0 amide bonds. The fraction of sp³-hybridized carbons (Fsp3) is 0.188. The molecule has 1 radical (unpaired) electrons. The Hall–Kier alpha value is -1.64. The molecular weight excluding hydrogens is 222 g/mol. The first-order valence-electron chi connectivity index (χ1n) is 6.12. The summed E-state index contributed by atoms with van der Waals surface area (Å²) in [6.45, 7) is 0.460. The zero-order chi connectivity index (χ0) is 12.8. The summed E-state index contributed by atoms with van der Waals surface area (Å²) in [6.07, 6.45) is 2.41. The lowest BCUT2D eigenvalue weighted by molar-refractivity contribution is 0.0797. The molecule has 2 nitrogen and oxygen atoms in total. The molecule has 0 aliphatic rings. The highest BCUT2D eigenvalue weighted by molar-refractivity contribution is 5.36. The number of benzene rings is 2. The van der Waals surface area contributed by atoms with Crippen LogP contribution in [0.3, 0.4) is 0 Å². The van der Waals surface area contributed by atoms with E-state index in [4.69, 9.17) is 5.73 Å². The van der Waals surface area contributed by atoms with Gasteiger partial charge in [0.1, 0.15) is 5.60 Å². The summed E-state index contributed by atoms with van der Waals surface area (Å²) in [5, 5.41) is 11.0. The molecule has 0 atom stereocenters. The van der Waals surface area contributed by atoms with Gasteiger partial charge in [0.25, 0.3) is 0 Å². The molecule has 2 heteroatoms. The third-order valence-corrected chi connectivity index (χ3v) is 3.11. The topological polar surface area (TPSA) is 46.2 Å². The monoisotopic (exact) mass is 240 g/mol. The Morgan fingerprint density at radius 3 is 1.72 bits per heavy atom. The summed E-state index contributed by atoms with van der Waals surface area (Å²) in [4.78, 5) is 0. The highest BCUT2D eigenvalue weighted by Crippen LogP contribution is 2.33. The van der Waals surface area contributed by atoms with E-state index < -0.39 is 5.60 Å². The van der Waals surface area contributed by atoms with E-state index in [0.717, 1.165) is 11.1 Å². The van der Waals surface area contributed by atoms with Gasteiger partial charge in [0, 0.05) is 0 Å². The molecule has 93 valence electrons. The first kappa shape index (κ1) is 12.8. The number of aliphatic hydroxyl groups is 1. The van der Waals surface area contributed by atoms with Gasteiger partial charge < -0.3 is 10.8 Å². The minimum absolute atomic E-state index is 0.460. The molecule has 2 aromatic carbocycles. The SMILES string of the molecule is NC[CH]CC(O)(c1ccccc1)c1ccccc1. The van der Waals surface area contributed by atoms with Crippen LogP contribution < -0.4 is 5.73 Å². The molecule has 0 saturated heterocycles. The summed E-state index contributed by atoms with van der Waals surface area (Å²) in [5.41, 5.74) is 6.31. The minimum Gasteiger partial charge on any atom is -0.380 e. The van der Waals surface area contributed by atoms with Crippen LogP contribution in [-0.2, 0) is 5.60 Å². The molecule has 0 unspecified atom stereocenters. The van der Waals surface area contributed by atoms with Gasteiger partial charge in [-0.15, -0.1) is 0 Å². The molecule has 0 aromatic heterocycles. The number of hydrogen-bond donors (Lipinski definition) is 2. The van der Waals surface area contributed by atoms with E-state index in [2.05, 4.69) is 0 Å². The molecule has 0 bridgehead atoms. The maximum absolute atomic E-state index is 11.0. The van der Waals surface area contributed by atoms with Crippen molar-refractivity contribution < 1.29 is 5.11 Å². The molecule has 0 spiro atoms. The molecule has 2 rings (SSSR count). The van der Waals surface area contributed by atoms with Gasteiger partial charge in [0.2, 0.25) is 0 Å². The van der Waals surface area contributed by atoms with Crippen LogP contribution in [0.1, 0.15) is 17.5 Å². The average Bonchev–Trinajstić information content (AvgIpc) is 2.46. The average molecular weight is 240 g/mol. The predicted molar refractivity (Wildman–Crippen MR) is 73.9 cm³/mol. The number of hydrogen-bond acceptors (Lipinski definition) is 2. The summed E-state index contributed by atoms with van der Waals surface area (Å²) < 4.78 is 0. The van der Waals surface area contributed by atoms with Crippen LogP contribution in [0.15, 0.2) is 60.7 Å². The van der Waals surface area contributed by atoms with E-state index in [1.165, 1.54) is 0 Å². The molecule has 2 aromatic rings. The smallest absolute Gasteiger partial charge is 0.115 e. The second-order valence-corrected chi connectivity index (χ2v) is 4.32. The van der Waals surface area contributed by atoms with Gasteiger partial charge in [0.05, 0.1) is 0 Å². The summed E-state index contributed by atoms with van der Waals surface area (Å²) in [7, 11) is 0. The maximum atomic E-state index is 11.0. The van der Waals surface area contributed by atoms with Crippen LogP contribution in [0, 0.1) is 6.42 Å². The molecular formula is C16H18NO. The molecule has 0 fully saturated rings. The highest BCUT2D eigenvalue weighted by atomic mass is 16.3. The summed E-state index contributed by atoms with van der Waals surface area (Å²) in [6, 6.07) is 19.4. The lowest BCUT2D eigenvalue weighted by Crippen LogP contribution is -2.28. The molecule has 0 heterocycles. The quantitative estimate of drug-likeness (QED) is 0.843. The number of rotatable bonds is 5. The molecule has 0 aliphatic heterocycles. The Kier molecular flexibility index (Phi) is 4.13. The van der Waals surface area contributed by atoms with Crippen molar-refractivity contribution in [2.24, 2.45) is 5.73 Å². The van der Waals surface area contributed by atoms with Gasteiger partial charge >= 0.3 is 0 Å². The minimum atomic E-state index is -0.998. The van der Waals surface area contributed by atoms with Gasteiger partial charge in [0.15, 0.2) is 0 Å². The lowest BCUT2D eigenvalue weighted by atomic mass is 9.82. The largest absolute Gasteiger partial charge is 0.380 e. The maximum Gasteiger partial charge on any atom is 0.115 e. The van der Waals surface area contributed by atoms with E-state index in [1.54, 1.807) is 0 Å². The first-order valence-corrected chi connectivity index (χ1v) is 6.12. The van der Waals surface area contributed by atoms with Crippen LogP contribution in [0.25, 0.3) is 0 Å². The highest BCUT2D eigenvalue weighted by Gasteiger charge is 2.30. The van der Waals surface area contributed by atoms with Crippen LogP contribution in [0.2, 0.25) is 0 Å². The van der Waals surface area contributed by atoms with E-state index >= 15 is 0 Å². The Balaban J connectivity index is 2.41. The van der Waals surface area contributed by atoms with Crippen LogP contribution in [0.4, 0.5) is 0 Å². The van der Waals surface area contributed by atoms with Crippen molar-refractivity contribution in [3.63, 3.8) is 0 Å². The van der Waals surface area contributed by atoms with Crippen molar-refractivity contribution in [1.82, 2.24) is 0 Å². The van der Waals surface area contributed by atoms with E-state index in [9.17, 15) is 5.11 Å². The normalized spacial score (nSPS) is 11.4. The second kappa shape index (κ2) is 5.80. The van der Waals surface area contributed by atoms with Gasteiger partial charge in [-0.05, 0) is 30.5 Å². The van der Waals surface area contributed by atoms with Gasteiger partial charge in [-0.25, -0.2) is 0 Å². The molecule has 18 heavy (non-hydrogen) atoms. The fourth-order valence-electron chi connectivity index (χ4n) is 2.12. The molecule has 0 aliphatic carbocycles. The molecule has 3 N–H and O–H groups in total. The van der Waals surface area contributed by atoms with Crippen molar-refractivity contribution >= 4 is 0 Å². The first-order chi connectivity index (χ1) is 8.77. The van der Waals surface area contributed by atoms with Crippen LogP contribution in [0.5, 0.6) is 0 Å². The second-order valence-electron chi connectivity index (χ2n) is 4.32. The standard InChI is InChI=1S/C16H18NO/c17-13-7-12-16(18,14-8-3-1-4-9-14)15-10-5-2-6-11-15/h1-11,18H,12-13,17H2. The van der Waals surface area contributed by atoms with Gasteiger partial charge in [-0.3, -0.25) is 0 Å². The van der Waals surface area contributed by atoms with E-state index in [0.29, 0.717) is 13.0 Å². The van der Waals surface area contributed by atoms with Gasteiger partial charge in [-0.2, -0.15) is 0 Å². The van der Waals surface area contributed by atoms with E-state index in [-0.39, 0.29) is 0 Å². The van der Waals surface area contributed by atoms with Crippen LogP contribution >= 0.6 is 0 Å². The van der Waals surface area contributed by atoms with Crippen molar-refractivity contribution in [2.45, 2.75) is 12.0 Å². The Bertz CT molecular complexity index is 427. The predicted octanol–water partition coefficient (Wildman–Crippen LogP) is 2.48. The van der Waals surface area contributed by atoms with Crippen LogP contribution in [-0.4, -0.2) is 11.7 Å².